The first-order valence-corrected chi connectivity index (χ1v) is 10.4. The number of para-hydroxylation sites is 1. The van der Waals surface area contributed by atoms with Crippen LogP contribution in [-0.4, -0.2) is 17.0 Å². The van der Waals surface area contributed by atoms with E-state index in [-0.39, 0.29) is 5.91 Å². The predicted octanol–water partition coefficient (Wildman–Crippen LogP) is 5.33. The molecule has 5 heteroatoms. The maximum Gasteiger partial charge on any atom is 0.261 e. The fraction of sp³-hybridized carbons (Fsp3) is 0.304. The van der Waals surface area contributed by atoms with Crippen LogP contribution in [0.1, 0.15) is 43.5 Å². The number of ether oxygens (including phenoxy) is 1. The molecule has 3 aromatic rings. The lowest BCUT2D eigenvalue weighted by Gasteiger charge is -2.18. The third-order valence-electron chi connectivity index (χ3n) is 4.58. The van der Waals surface area contributed by atoms with Crippen molar-refractivity contribution in [1.82, 2.24) is 10.3 Å². The lowest BCUT2D eigenvalue weighted by Crippen LogP contribution is -2.36. The molecule has 1 heterocycles. The molecule has 0 saturated heterocycles. The highest BCUT2D eigenvalue weighted by atomic mass is 32.1. The van der Waals surface area contributed by atoms with E-state index in [0.717, 1.165) is 27.6 Å². The van der Waals surface area contributed by atoms with E-state index in [1.54, 1.807) is 18.3 Å². The Hall–Kier alpha value is -2.66. The van der Waals surface area contributed by atoms with Gasteiger partial charge in [0.15, 0.2) is 6.10 Å². The molecule has 1 atom stereocenters. The molecule has 0 saturated carbocycles. The topological polar surface area (TPSA) is 51.2 Å². The smallest absolute Gasteiger partial charge is 0.261 e. The summed E-state index contributed by atoms with van der Waals surface area (Å²) < 4.78 is 5.92. The van der Waals surface area contributed by atoms with Gasteiger partial charge in [-0.15, -0.1) is 11.3 Å². The molecule has 2 aromatic carbocycles. The fourth-order valence-corrected chi connectivity index (χ4v) is 3.86. The zero-order valence-electron chi connectivity index (χ0n) is 16.7. The number of amides is 1. The van der Waals surface area contributed by atoms with Crippen LogP contribution in [0.5, 0.6) is 5.75 Å². The highest BCUT2D eigenvalue weighted by molar-refractivity contribution is 7.13. The summed E-state index contributed by atoms with van der Waals surface area (Å²) in [5.74, 6) is 0.945. The first-order valence-electron chi connectivity index (χ1n) is 9.49. The molecule has 4 nitrogen and oxygen atoms in total. The Morgan fingerprint density at radius 2 is 1.82 bits per heavy atom. The minimum atomic E-state index is -0.575. The molecular formula is C23H26N2O2S. The number of rotatable bonds is 7. The van der Waals surface area contributed by atoms with Gasteiger partial charge in [0.1, 0.15) is 10.8 Å². The number of hydrogen-bond acceptors (Lipinski definition) is 4. The Bertz CT molecular complexity index is 949. The first kappa shape index (κ1) is 20.1. The molecule has 28 heavy (non-hydrogen) atoms. The Labute approximate surface area is 170 Å². The Morgan fingerprint density at radius 3 is 2.57 bits per heavy atom. The third-order valence-corrected chi connectivity index (χ3v) is 5.51. The second kappa shape index (κ2) is 9.02. The first-order chi connectivity index (χ1) is 13.5. The minimum absolute atomic E-state index is 0.149. The van der Waals surface area contributed by atoms with Crippen LogP contribution in [0, 0.1) is 6.92 Å². The van der Waals surface area contributed by atoms with E-state index in [2.05, 4.69) is 43.2 Å². The average Bonchev–Trinajstić information content (AvgIpc) is 3.15. The number of aryl methyl sites for hydroxylation is 1. The molecule has 0 aliphatic rings. The van der Waals surface area contributed by atoms with E-state index >= 15 is 0 Å². The molecule has 0 aliphatic carbocycles. The Balaban J connectivity index is 1.59. The Morgan fingerprint density at radius 1 is 1.11 bits per heavy atom. The molecule has 0 aliphatic heterocycles. The van der Waals surface area contributed by atoms with Gasteiger partial charge in [-0.2, -0.15) is 0 Å². The number of hydrogen-bond donors (Lipinski definition) is 1. The maximum atomic E-state index is 12.5. The van der Waals surface area contributed by atoms with E-state index in [1.807, 2.05) is 41.8 Å². The van der Waals surface area contributed by atoms with Gasteiger partial charge in [0, 0.05) is 10.9 Å². The monoisotopic (exact) mass is 394 g/mol. The molecule has 1 unspecified atom stereocenters. The zero-order valence-corrected chi connectivity index (χ0v) is 17.5. The number of carbonyl (C=O) groups excluding carboxylic acids is 1. The second-order valence-corrected chi connectivity index (χ2v) is 7.99. The van der Waals surface area contributed by atoms with E-state index in [1.165, 1.54) is 5.56 Å². The van der Waals surface area contributed by atoms with E-state index in [9.17, 15) is 4.79 Å². The number of nitrogens with one attached hydrogen (secondary N) is 1. The summed E-state index contributed by atoms with van der Waals surface area (Å²) in [6, 6.07) is 16.0. The molecule has 1 aromatic heterocycles. The standard InChI is InChI=1S/C23H26N2O2S/c1-15(2)19-10-7-8-12-21(19)27-17(4)22(26)24-13-18-14-28-23(25-18)20-11-6-5-9-16(20)3/h5-12,14-15,17H,13H2,1-4H3,(H,24,26). The normalized spacial score (nSPS) is 12.0. The molecule has 0 bridgehead atoms. The summed E-state index contributed by atoms with van der Waals surface area (Å²) in [6.45, 7) is 8.46. The summed E-state index contributed by atoms with van der Waals surface area (Å²) in [6.07, 6.45) is -0.575. The average molecular weight is 395 g/mol. The van der Waals surface area contributed by atoms with Crippen molar-refractivity contribution in [3.8, 4) is 16.3 Å². The fourth-order valence-electron chi connectivity index (χ4n) is 2.95. The van der Waals surface area contributed by atoms with Gasteiger partial charge in [-0.1, -0.05) is 56.3 Å². The molecule has 1 amide bonds. The summed E-state index contributed by atoms with van der Waals surface area (Å²) in [4.78, 5) is 17.1. The van der Waals surface area contributed by atoms with Crippen molar-refractivity contribution in [2.24, 2.45) is 0 Å². The second-order valence-electron chi connectivity index (χ2n) is 7.13. The van der Waals surface area contributed by atoms with Crippen LogP contribution in [0.3, 0.4) is 0 Å². The van der Waals surface area contributed by atoms with Gasteiger partial charge in [0.2, 0.25) is 0 Å². The minimum Gasteiger partial charge on any atom is -0.481 e. The van der Waals surface area contributed by atoms with Gasteiger partial charge in [-0.3, -0.25) is 4.79 Å². The number of nitrogens with zero attached hydrogens (tertiary/aromatic N) is 1. The van der Waals surface area contributed by atoms with Crippen LogP contribution >= 0.6 is 11.3 Å². The van der Waals surface area contributed by atoms with Gasteiger partial charge < -0.3 is 10.1 Å². The van der Waals surface area contributed by atoms with Crippen molar-refractivity contribution in [3.05, 3.63) is 70.7 Å². The van der Waals surface area contributed by atoms with E-state index in [4.69, 9.17) is 4.74 Å². The molecule has 1 N–H and O–H groups in total. The van der Waals surface area contributed by atoms with Gasteiger partial charge in [0.05, 0.1) is 12.2 Å². The van der Waals surface area contributed by atoms with Gasteiger partial charge in [-0.25, -0.2) is 4.98 Å². The Kier molecular flexibility index (Phi) is 6.47. The van der Waals surface area contributed by atoms with Crippen molar-refractivity contribution in [2.75, 3.05) is 0 Å². The van der Waals surface area contributed by atoms with Crippen molar-refractivity contribution in [1.29, 1.82) is 0 Å². The lowest BCUT2D eigenvalue weighted by atomic mass is 10.0. The van der Waals surface area contributed by atoms with Gasteiger partial charge in [-0.05, 0) is 37.0 Å². The predicted molar refractivity (Wildman–Crippen MR) is 115 cm³/mol. The molecular weight excluding hydrogens is 368 g/mol. The molecule has 0 fully saturated rings. The maximum absolute atomic E-state index is 12.5. The number of carbonyl (C=O) groups is 1. The van der Waals surface area contributed by atoms with Crippen molar-refractivity contribution < 1.29 is 9.53 Å². The quantitative estimate of drug-likeness (QED) is 0.589. The van der Waals surface area contributed by atoms with Crippen molar-refractivity contribution in [3.63, 3.8) is 0 Å². The van der Waals surface area contributed by atoms with Crippen molar-refractivity contribution in [2.45, 2.75) is 46.3 Å². The van der Waals surface area contributed by atoms with Crippen molar-refractivity contribution >= 4 is 17.2 Å². The molecule has 3 rings (SSSR count). The van der Waals surface area contributed by atoms with E-state index < -0.39 is 6.10 Å². The van der Waals surface area contributed by atoms with Gasteiger partial charge in [0.25, 0.3) is 5.91 Å². The molecule has 146 valence electrons. The summed E-state index contributed by atoms with van der Waals surface area (Å²) >= 11 is 1.59. The summed E-state index contributed by atoms with van der Waals surface area (Å²) in [7, 11) is 0. The highest BCUT2D eigenvalue weighted by Gasteiger charge is 2.17. The molecule has 0 spiro atoms. The number of aromatic nitrogens is 1. The SMILES string of the molecule is Cc1ccccc1-c1nc(CNC(=O)C(C)Oc2ccccc2C(C)C)cs1. The van der Waals surface area contributed by atoms with Crippen LogP contribution in [0.4, 0.5) is 0 Å². The van der Waals surface area contributed by atoms with Gasteiger partial charge >= 0.3 is 0 Å². The summed E-state index contributed by atoms with van der Waals surface area (Å²) in [5, 5.41) is 5.88. The van der Waals surface area contributed by atoms with Crippen LogP contribution in [0.15, 0.2) is 53.9 Å². The number of benzene rings is 2. The van der Waals surface area contributed by atoms with Crippen LogP contribution < -0.4 is 10.1 Å². The highest BCUT2D eigenvalue weighted by Crippen LogP contribution is 2.27. The van der Waals surface area contributed by atoms with Crippen LogP contribution in [0.2, 0.25) is 0 Å². The summed E-state index contributed by atoms with van der Waals surface area (Å²) in [5.41, 5.74) is 4.28. The lowest BCUT2D eigenvalue weighted by molar-refractivity contribution is -0.127. The van der Waals surface area contributed by atoms with E-state index in [0.29, 0.717) is 12.5 Å². The largest absolute Gasteiger partial charge is 0.481 e. The zero-order chi connectivity index (χ0) is 20.1. The van der Waals surface area contributed by atoms with Crippen LogP contribution in [0.25, 0.3) is 10.6 Å². The third kappa shape index (κ3) is 4.78. The van der Waals surface area contributed by atoms with Crippen LogP contribution in [-0.2, 0) is 11.3 Å². The molecule has 0 radical (unpaired) electrons. The number of thiazole rings is 1.